The van der Waals surface area contributed by atoms with Crippen molar-refractivity contribution in [2.24, 2.45) is 0 Å². The largest absolute Gasteiger partial charge is 0.473 e. The Bertz CT molecular complexity index is 301. The van der Waals surface area contributed by atoms with E-state index in [1.54, 1.807) is 0 Å². The van der Waals surface area contributed by atoms with Crippen LogP contribution in [0.4, 0.5) is 5.82 Å². The van der Waals surface area contributed by atoms with E-state index in [0.29, 0.717) is 0 Å². The van der Waals surface area contributed by atoms with Crippen molar-refractivity contribution in [1.29, 1.82) is 5.26 Å². The van der Waals surface area contributed by atoms with Gasteiger partial charge in [-0.3, -0.25) is 5.10 Å². The predicted octanol–water partition coefficient (Wildman–Crippen LogP) is -0.765. The fourth-order valence-electron chi connectivity index (χ4n) is 0.693. The molecule has 0 fully saturated rings. The van der Waals surface area contributed by atoms with Crippen LogP contribution in [0.1, 0.15) is 5.56 Å². The topological polar surface area (TPSA) is 108 Å². The first-order valence-corrected chi connectivity index (χ1v) is 3.27. The molecule has 12 heavy (non-hydrogen) atoms. The van der Waals surface area contributed by atoms with Crippen molar-refractivity contribution < 1.29 is 9.84 Å². The smallest absolute Gasteiger partial charge is 0.253 e. The molecule has 0 aliphatic heterocycles. The van der Waals surface area contributed by atoms with Crippen molar-refractivity contribution in [3.8, 4) is 11.9 Å². The second-order valence-electron chi connectivity index (χ2n) is 2.00. The number of H-pyrrole nitrogens is 1. The molecule has 1 heterocycles. The van der Waals surface area contributed by atoms with Gasteiger partial charge in [-0.15, -0.1) is 5.10 Å². The van der Waals surface area contributed by atoms with E-state index in [1.807, 2.05) is 6.07 Å². The van der Waals surface area contributed by atoms with Gasteiger partial charge in [0.1, 0.15) is 18.5 Å². The van der Waals surface area contributed by atoms with Crippen LogP contribution in [0.15, 0.2) is 0 Å². The fraction of sp³-hybridized carbons (Fsp3) is 0.333. The van der Waals surface area contributed by atoms with E-state index in [1.165, 1.54) is 0 Å². The zero-order chi connectivity index (χ0) is 8.97. The molecule has 1 aromatic rings. The Balaban J connectivity index is 2.79. The van der Waals surface area contributed by atoms with Crippen molar-refractivity contribution in [2.45, 2.75) is 0 Å². The summed E-state index contributed by atoms with van der Waals surface area (Å²) in [5, 5.41) is 23.0. The first-order chi connectivity index (χ1) is 5.79. The summed E-state index contributed by atoms with van der Waals surface area (Å²) in [6, 6.07) is 1.83. The van der Waals surface area contributed by atoms with E-state index >= 15 is 0 Å². The molecule has 0 atom stereocenters. The molecule has 0 aliphatic rings. The van der Waals surface area contributed by atoms with Gasteiger partial charge in [0.15, 0.2) is 5.56 Å². The number of anilines is 1. The maximum atomic E-state index is 8.55. The van der Waals surface area contributed by atoms with Gasteiger partial charge in [-0.1, -0.05) is 0 Å². The number of nitrogen functional groups attached to an aromatic ring is 1. The van der Waals surface area contributed by atoms with E-state index in [0.717, 1.165) is 0 Å². The maximum Gasteiger partial charge on any atom is 0.253 e. The van der Waals surface area contributed by atoms with Crippen molar-refractivity contribution in [3.63, 3.8) is 0 Å². The van der Waals surface area contributed by atoms with Gasteiger partial charge in [-0.25, -0.2) is 0 Å². The molecular formula is C6H8N4O2. The molecular weight excluding hydrogens is 160 g/mol. The Morgan fingerprint density at radius 3 is 3.08 bits per heavy atom. The SMILES string of the molecule is N#Cc1c(OCCO)n[nH]c1N. The third kappa shape index (κ3) is 1.46. The molecule has 0 saturated heterocycles. The van der Waals surface area contributed by atoms with Crippen LogP contribution in [0.2, 0.25) is 0 Å². The zero-order valence-corrected chi connectivity index (χ0v) is 6.24. The third-order valence-electron chi connectivity index (χ3n) is 1.20. The van der Waals surface area contributed by atoms with Crippen molar-refractivity contribution in [3.05, 3.63) is 5.56 Å². The van der Waals surface area contributed by atoms with Gasteiger partial charge < -0.3 is 15.6 Å². The van der Waals surface area contributed by atoms with Crippen molar-refractivity contribution in [2.75, 3.05) is 18.9 Å². The molecule has 1 rings (SSSR count). The maximum absolute atomic E-state index is 8.55. The highest BCUT2D eigenvalue weighted by Gasteiger charge is 2.10. The highest BCUT2D eigenvalue weighted by molar-refractivity contribution is 5.53. The van der Waals surface area contributed by atoms with E-state index in [9.17, 15) is 0 Å². The summed E-state index contributed by atoms with van der Waals surface area (Å²) < 4.78 is 4.90. The van der Waals surface area contributed by atoms with Crippen LogP contribution in [0.5, 0.6) is 5.88 Å². The van der Waals surface area contributed by atoms with E-state index in [4.69, 9.17) is 20.8 Å². The van der Waals surface area contributed by atoms with Crippen LogP contribution in [-0.4, -0.2) is 28.5 Å². The number of aliphatic hydroxyl groups excluding tert-OH is 1. The third-order valence-corrected chi connectivity index (χ3v) is 1.20. The predicted molar refractivity (Wildman–Crippen MR) is 40.3 cm³/mol. The summed E-state index contributed by atoms with van der Waals surface area (Å²) in [6.45, 7) is -0.0311. The number of aliphatic hydroxyl groups is 1. The lowest BCUT2D eigenvalue weighted by Crippen LogP contribution is -2.02. The molecule has 0 unspecified atom stereocenters. The van der Waals surface area contributed by atoms with E-state index < -0.39 is 0 Å². The Morgan fingerprint density at radius 2 is 2.50 bits per heavy atom. The molecule has 0 saturated carbocycles. The molecule has 0 radical (unpaired) electrons. The highest BCUT2D eigenvalue weighted by atomic mass is 16.5. The summed E-state index contributed by atoms with van der Waals surface area (Å²) in [6.07, 6.45) is 0. The van der Waals surface area contributed by atoms with Crippen LogP contribution >= 0.6 is 0 Å². The van der Waals surface area contributed by atoms with Gasteiger partial charge in [-0.05, 0) is 0 Å². The molecule has 0 bridgehead atoms. The number of hydrogen-bond donors (Lipinski definition) is 3. The van der Waals surface area contributed by atoms with Gasteiger partial charge in [0.25, 0.3) is 5.88 Å². The number of aromatic nitrogens is 2. The quantitative estimate of drug-likeness (QED) is 0.549. The first-order valence-electron chi connectivity index (χ1n) is 3.27. The van der Waals surface area contributed by atoms with Crippen LogP contribution < -0.4 is 10.5 Å². The van der Waals surface area contributed by atoms with Crippen molar-refractivity contribution >= 4 is 5.82 Å². The van der Waals surface area contributed by atoms with Gasteiger partial charge >= 0.3 is 0 Å². The Hall–Kier alpha value is -1.74. The van der Waals surface area contributed by atoms with Crippen LogP contribution in [0.25, 0.3) is 0 Å². The number of rotatable bonds is 3. The van der Waals surface area contributed by atoms with Gasteiger partial charge in [0.05, 0.1) is 6.61 Å². The van der Waals surface area contributed by atoms with Crippen LogP contribution in [0.3, 0.4) is 0 Å². The summed E-state index contributed by atoms with van der Waals surface area (Å²) in [4.78, 5) is 0. The minimum atomic E-state index is -0.127. The molecule has 0 aliphatic carbocycles. The molecule has 6 nitrogen and oxygen atoms in total. The Labute approximate surface area is 68.6 Å². The Kier molecular flexibility index (Phi) is 2.50. The Morgan fingerprint density at radius 1 is 1.75 bits per heavy atom. The number of nitriles is 1. The standard InChI is InChI=1S/C6H8N4O2/c7-3-4-5(8)9-10-6(4)12-2-1-11/h11H,1-2H2,(H3,8,9,10). The summed E-state index contributed by atoms with van der Waals surface area (Å²) in [5.41, 5.74) is 5.51. The van der Waals surface area contributed by atoms with E-state index in [2.05, 4.69) is 10.2 Å². The molecule has 4 N–H and O–H groups in total. The zero-order valence-electron chi connectivity index (χ0n) is 6.24. The average Bonchev–Trinajstić information content (AvgIpc) is 2.43. The molecule has 0 amide bonds. The summed E-state index contributed by atoms with van der Waals surface area (Å²) in [5.74, 6) is 0.300. The van der Waals surface area contributed by atoms with Gasteiger partial charge in [0, 0.05) is 0 Å². The lowest BCUT2D eigenvalue weighted by Gasteiger charge is -1.97. The molecule has 6 heteroatoms. The summed E-state index contributed by atoms with van der Waals surface area (Å²) >= 11 is 0. The molecule has 0 spiro atoms. The number of nitrogens with one attached hydrogen (secondary N) is 1. The molecule has 64 valence electrons. The highest BCUT2D eigenvalue weighted by Crippen LogP contribution is 2.18. The minimum absolute atomic E-state index is 0.0962. The molecule has 0 aromatic carbocycles. The number of hydrogen-bond acceptors (Lipinski definition) is 5. The lowest BCUT2D eigenvalue weighted by molar-refractivity contribution is 0.196. The second kappa shape index (κ2) is 3.59. The first kappa shape index (κ1) is 8.36. The lowest BCUT2D eigenvalue weighted by atomic mass is 10.3. The van der Waals surface area contributed by atoms with E-state index in [-0.39, 0.29) is 30.5 Å². The van der Waals surface area contributed by atoms with Crippen molar-refractivity contribution in [1.82, 2.24) is 10.2 Å². The van der Waals surface area contributed by atoms with Crippen LogP contribution in [-0.2, 0) is 0 Å². The monoisotopic (exact) mass is 168 g/mol. The summed E-state index contributed by atoms with van der Waals surface area (Å²) in [7, 11) is 0. The normalized spacial score (nSPS) is 9.33. The number of nitrogens with zero attached hydrogens (tertiary/aromatic N) is 2. The van der Waals surface area contributed by atoms with Gasteiger partial charge in [-0.2, -0.15) is 5.26 Å². The average molecular weight is 168 g/mol. The van der Waals surface area contributed by atoms with Gasteiger partial charge in [0.2, 0.25) is 0 Å². The number of nitrogens with two attached hydrogens (primary N) is 1. The van der Waals surface area contributed by atoms with Crippen LogP contribution in [0, 0.1) is 11.3 Å². The number of ether oxygens (including phenoxy) is 1. The second-order valence-corrected chi connectivity index (χ2v) is 2.00. The minimum Gasteiger partial charge on any atom is -0.473 e. The molecule has 1 aromatic heterocycles. The fourth-order valence-corrected chi connectivity index (χ4v) is 0.693. The number of aromatic amines is 1.